The van der Waals surface area contributed by atoms with Crippen molar-refractivity contribution in [3.63, 3.8) is 0 Å². The van der Waals surface area contributed by atoms with Crippen LogP contribution in [0.5, 0.6) is 0 Å². The zero-order chi connectivity index (χ0) is 14.7. The van der Waals surface area contributed by atoms with Crippen molar-refractivity contribution in [3.05, 3.63) is 30.1 Å². The molecule has 0 saturated carbocycles. The van der Waals surface area contributed by atoms with Crippen LogP contribution in [-0.2, 0) is 24.9 Å². The summed E-state index contributed by atoms with van der Waals surface area (Å²) in [6.45, 7) is -0.00250. The molecule has 20 heavy (non-hydrogen) atoms. The van der Waals surface area contributed by atoms with E-state index in [1.807, 2.05) is 11.6 Å². The normalized spacial score (nSPS) is 10.5. The lowest BCUT2D eigenvalue weighted by molar-refractivity contribution is -0.137. The van der Waals surface area contributed by atoms with Gasteiger partial charge < -0.3 is 14.6 Å². The second-order valence-corrected chi connectivity index (χ2v) is 4.31. The largest absolute Gasteiger partial charge is 0.480 e. The molecular formula is C11H14N6O3. The fraction of sp³-hybridized carbons (Fsp3) is 0.364. The minimum absolute atomic E-state index is 0.1000. The van der Waals surface area contributed by atoms with Gasteiger partial charge in [-0.3, -0.25) is 9.59 Å². The van der Waals surface area contributed by atoms with Gasteiger partial charge in [-0.2, -0.15) is 0 Å². The summed E-state index contributed by atoms with van der Waals surface area (Å²) in [4.78, 5) is 28.2. The third-order valence-corrected chi connectivity index (χ3v) is 2.70. The summed E-state index contributed by atoms with van der Waals surface area (Å²) >= 11 is 0. The molecule has 0 aromatic carbocycles. The van der Waals surface area contributed by atoms with Crippen LogP contribution < -0.4 is 0 Å². The maximum absolute atomic E-state index is 12.1. The lowest BCUT2D eigenvalue weighted by atomic mass is 10.4. The molecule has 0 fully saturated rings. The highest BCUT2D eigenvalue weighted by atomic mass is 16.4. The molecule has 0 unspecified atom stereocenters. The molecule has 0 saturated heterocycles. The van der Waals surface area contributed by atoms with Crippen LogP contribution >= 0.6 is 0 Å². The Morgan fingerprint density at radius 1 is 1.45 bits per heavy atom. The highest BCUT2D eigenvalue weighted by Crippen LogP contribution is 2.04. The van der Waals surface area contributed by atoms with Gasteiger partial charge in [0.25, 0.3) is 5.91 Å². The SMILES string of the molecule is CN(Cc1nccn1C)C(=O)c1cn(CC(=O)O)nn1. The highest BCUT2D eigenvalue weighted by Gasteiger charge is 2.17. The maximum Gasteiger partial charge on any atom is 0.325 e. The lowest BCUT2D eigenvalue weighted by Crippen LogP contribution is -2.27. The number of aryl methyl sites for hydroxylation is 1. The van der Waals surface area contributed by atoms with E-state index in [9.17, 15) is 9.59 Å². The summed E-state index contributed by atoms with van der Waals surface area (Å²) in [7, 11) is 3.46. The quantitative estimate of drug-likeness (QED) is 0.780. The van der Waals surface area contributed by atoms with E-state index < -0.39 is 5.97 Å². The first-order chi connectivity index (χ1) is 9.47. The van der Waals surface area contributed by atoms with Crippen molar-refractivity contribution in [2.45, 2.75) is 13.1 Å². The molecular weight excluding hydrogens is 264 g/mol. The first-order valence-electron chi connectivity index (χ1n) is 5.81. The minimum Gasteiger partial charge on any atom is -0.480 e. The highest BCUT2D eigenvalue weighted by molar-refractivity contribution is 5.91. The summed E-state index contributed by atoms with van der Waals surface area (Å²) in [6.07, 6.45) is 4.75. The number of carboxylic acids is 1. The number of carbonyl (C=O) groups is 2. The van der Waals surface area contributed by atoms with Gasteiger partial charge in [0.1, 0.15) is 12.4 Å². The molecule has 1 amide bonds. The van der Waals surface area contributed by atoms with Gasteiger partial charge in [0.15, 0.2) is 5.69 Å². The topological polar surface area (TPSA) is 106 Å². The van der Waals surface area contributed by atoms with Crippen LogP contribution in [0.15, 0.2) is 18.6 Å². The van der Waals surface area contributed by atoms with Crippen LogP contribution in [0, 0.1) is 0 Å². The number of nitrogens with zero attached hydrogens (tertiary/aromatic N) is 6. The predicted molar refractivity (Wildman–Crippen MR) is 66.7 cm³/mol. The molecule has 2 heterocycles. The van der Waals surface area contributed by atoms with Crippen molar-refractivity contribution < 1.29 is 14.7 Å². The smallest absolute Gasteiger partial charge is 0.325 e. The number of carbonyl (C=O) groups excluding carboxylic acids is 1. The first kappa shape index (κ1) is 13.7. The van der Waals surface area contributed by atoms with Crippen LogP contribution in [0.1, 0.15) is 16.3 Å². The lowest BCUT2D eigenvalue weighted by Gasteiger charge is -2.15. The Kier molecular flexibility index (Phi) is 3.78. The summed E-state index contributed by atoms with van der Waals surface area (Å²) in [6, 6.07) is 0. The monoisotopic (exact) mass is 278 g/mol. The van der Waals surface area contributed by atoms with E-state index in [1.54, 1.807) is 19.4 Å². The van der Waals surface area contributed by atoms with Gasteiger partial charge in [0.05, 0.1) is 12.7 Å². The molecule has 0 aliphatic carbocycles. The van der Waals surface area contributed by atoms with Crippen molar-refractivity contribution in [3.8, 4) is 0 Å². The predicted octanol–water partition coefficient (Wildman–Crippen LogP) is -0.632. The van der Waals surface area contributed by atoms with Crippen LogP contribution in [-0.4, -0.2) is 53.5 Å². The maximum atomic E-state index is 12.1. The Hall–Kier alpha value is -2.71. The van der Waals surface area contributed by atoms with Gasteiger partial charge >= 0.3 is 5.97 Å². The van der Waals surface area contributed by atoms with Gasteiger partial charge in [0, 0.05) is 26.5 Å². The Morgan fingerprint density at radius 3 is 2.80 bits per heavy atom. The van der Waals surface area contributed by atoms with E-state index in [1.165, 1.54) is 11.1 Å². The molecule has 9 heteroatoms. The van der Waals surface area contributed by atoms with E-state index in [4.69, 9.17) is 5.11 Å². The molecule has 0 spiro atoms. The summed E-state index contributed by atoms with van der Waals surface area (Å²) in [5.74, 6) is -0.654. The second kappa shape index (κ2) is 5.51. The minimum atomic E-state index is -1.05. The zero-order valence-electron chi connectivity index (χ0n) is 11.1. The number of carboxylic acid groups (broad SMARTS) is 1. The van der Waals surface area contributed by atoms with Gasteiger partial charge in [-0.15, -0.1) is 5.10 Å². The van der Waals surface area contributed by atoms with E-state index in [2.05, 4.69) is 15.3 Å². The average molecular weight is 278 g/mol. The van der Waals surface area contributed by atoms with Crippen molar-refractivity contribution >= 4 is 11.9 Å². The van der Waals surface area contributed by atoms with Crippen LogP contribution in [0.25, 0.3) is 0 Å². The molecule has 0 aliphatic heterocycles. The molecule has 2 aromatic rings. The third-order valence-electron chi connectivity index (χ3n) is 2.70. The number of rotatable bonds is 5. The molecule has 0 aliphatic rings. The van der Waals surface area contributed by atoms with Crippen molar-refractivity contribution in [1.29, 1.82) is 0 Å². The number of amides is 1. The molecule has 0 radical (unpaired) electrons. The standard InChI is InChI=1S/C11H14N6O3/c1-15-4-3-12-9(15)6-16(2)11(20)8-5-17(14-13-8)7-10(18)19/h3-5H,6-7H2,1-2H3,(H,18,19). The fourth-order valence-electron chi connectivity index (χ4n) is 1.64. The number of aromatic nitrogens is 5. The summed E-state index contributed by atoms with van der Waals surface area (Å²) in [5.41, 5.74) is 0.1000. The summed E-state index contributed by atoms with van der Waals surface area (Å²) < 4.78 is 2.91. The van der Waals surface area contributed by atoms with Crippen LogP contribution in [0.2, 0.25) is 0 Å². The number of hydrogen-bond donors (Lipinski definition) is 1. The van der Waals surface area contributed by atoms with E-state index in [-0.39, 0.29) is 18.1 Å². The number of hydrogen-bond acceptors (Lipinski definition) is 5. The van der Waals surface area contributed by atoms with Gasteiger partial charge in [-0.1, -0.05) is 5.21 Å². The Bertz CT molecular complexity index is 632. The van der Waals surface area contributed by atoms with Crippen molar-refractivity contribution in [2.75, 3.05) is 7.05 Å². The molecule has 2 aromatic heterocycles. The molecule has 2 rings (SSSR count). The molecule has 9 nitrogen and oxygen atoms in total. The molecule has 0 atom stereocenters. The van der Waals surface area contributed by atoms with E-state index in [0.29, 0.717) is 6.54 Å². The van der Waals surface area contributed by atoms with E-state index in [0.717, 1.165) is 10.5 Å². The zero-order valence-corrected chi connectivity index (χ0v) is 11.1. The van der Waals surface area contributed by atoms with Crippen molar-refractivity contribution in [2.24, 2.45) is 7.05 Å². The Balaban J connectivity index is 2.05. The van der Waals surface area contributed by atoms with Gasteiger partial charge in [-0.25, -0.2) is 9.67 Å². The molecule has 106 valence electrons. The molecule has 0 bridgehead atoms. The fourth-order valence-corrected chi connectivity index (χ4v) is 1.64. The summed E-state index contributed by atoms with van der Waals surface area (Å²) in [5, 5.41) is 15.9. The third kappa shape index (κ3) is 2.99. The Labute approximate surface area is 114 Å². The number of imidazole rings is 1. The number of aliphatic carboxylic acids is 1. The van der Waals surface area contributed by atoms with Gasteiger partial charge in [0.2, 0.25) is 0 Å². The second-order valence-electron chi connectivity index (χ2n) is 4.31. The first-order valence-corrected chi connectivity index (χ1v) is 5.81. The van der Waals surface area contributed by atoms with Gasteiger partial charge in [-0.05, 0) is 0 Å². The van der Waals surface area contributed by atoms with E-state index >= 15 is 0 Å². The van der Waals surface area contributed by atoms with Crippen molar-refractivity contribution in [1.82, 2.24) is 29.4 Å². The average Bonchev–Trinajstić information content (AvgIpc) is 2.98. The van der Waals surface area contributed by atoms with Crippen LogP contribution in [0.4, 0.5) is 0 Å². The van der Waals surface area contributed by atoms with Crippen LogP contribution in [0.3, 0.4) is 0 Å². The Morgan fingerprint density at radius 2 is 2.20 bits per heavy atom. The molecule has 1 N–H and O–H groups in total.